The number of fused-ring (bicyclic) bond motifs is 2. The van der Waals surface area contributed by atoms with Crippen molar-refractivity contribution in [2.24, 2.45) is 5.92 Å². The fourth-order valence-corrected chi connectivity index (χ4v) is 5.58. The molecular formula is C12H16F6NO3P. The van der Waals surface area contributed by atoms with Crippen molar-refractivity contribution >= 4 is 7.75 Å². The van der Waals surface area contributed by atoms with E-state index in [4.69, 9.17) is 9.05 Å². The topological polar surface area (TPSA) is 38.8 Å². The summed E-state index contributed by atoms with van der Waals surface area (Å²) in [6, 6.07) is -1.31. The smallest absolute Gasteiger partial charge is 0.297 e. The van der Waals surface area contributed by atoms with Crippen LogP contribution in [0.25, 0.3) is 0 Å². The Morgan fingerprint density at radius 1 is 1.09 bits per heavy atom. The van der Waals surface area contributed by atoms with E-state index in [0.717, 1.165) is 6.08 Å². The second-order valence-electron chi connectivity index (χ2n) is 5.21. The van der Waals surface area contributed by atoms with Gasteiger partial charge in [0.15, 0.2) is 0 Å². The fraction of sp³-hybridized carbons (Fsp3) is 0.833. The van der Waals surface area contributed by atoms with E-state index >= 15 is 0 Å². The molecule has 0 N–H and O–H groups in total. The molecule has 0 spiro atoms. The van der Waals surface area contributed by atoms with E-state index in [1.807, 2.05) is 0 Å². The summed E-state index contributed by atoms with van der Waals surface area (Å²) >= 11 is 0. The summed E-state index contributed by atoms with van der Waals surface area (Å²) in [5.74, 6) is -1.89. The molecule has 0 saturated carbocycles. The first-order chi connectivity index (χ1) is 10.5. The van der Waals surface area contributed by atoms with Gasteiger partial charge in [-0.05, 0) is 20.3 Å². The van der Waals surface area contributed by atoms with Crippen LogP contribution in [-0.4, -0.2) is 41.8 Å². The quantitative estimate of drug-likeness (QED) is 0.413. The number of hydrogen-bond donors (Lipinski definition) is 0. The van der Waals surface area contributed by atoms with Gasteiger partial charge in [-0.3, -0.25) is 9.05 Å². The molecule has 134 valence electrons. The molecule has 4 nitrogen and oxygen atoms in total. The van der Waals surface area contributed by atoms with Gasteiger partial charge in [0.05, 0.1) is 13.2 Å². The van der Waals surface area contributed by atoms with Crippen molar-refractivity contribution in [2.75, 3.05) is 13.2 Å². The third-order valence-electron chi connectivity index (χ3n) is 3.99. The SMILES string of the molecule is CCOP(=O)(OCC)N1[C@@H]2C=C[C@@H](C2)C1(C(F)(F)F)C(F)(F)F. The summed E-state index contributed by atoms with van der Waals surface area (Å²) in [5, 5.41) is 0. The Kier molecular flexibility index (Phi) is 4.69. The van der Waals surface area contributed by atoms with E-state index in [0.29, 0.717) is 0 Å². The van der Waals surface area contributed by atoms with Gasteiger partial charge in [-0.15, -0.1) is 0 Å². The van der Waals surface area contributed by atoms with Gasteiger partial charge in [-0.1, -0.05) is 12.2 Å². The normalized spacial score (nSPS) is 27.8. The summed E-state index contributed by atoms with van der Waals surface area (Å²) in [5.41, 5.74) is -4.28. The molecule has 1 heterocycles. The van der Waals surface area contributed by atoms with Crippen LogP contribution in [0.5, 0.6) is 0 Å². The second kappa shape index (κ2) is 5.75. The van der Waals surface area contributed by atoms with Crippen molar-refractivity contribution in [3.05, 3.63) is 12.2 Å². The molecule has 0 unspecified atom stereocenters. The predicted molar refractivity (Wildman–Crippen MR) is 68.6 cm³/mol. The number of alkyl halides is 6. The number of halogens is 6. The zero-order chi connectivity index (χ0) is 17.7. The largest absolute Gasteiger partial charge is 0.416 e. The molecule has 0 radical (unpaired) electrons. The maximum atomic E-state index is 13.6. The van der Waals surface area contributed by atoms with Gasteiger partial charge in [-0.25, -0.2) is 4.57 Å². The minimum atomic E-state index is -5.70. The Hall–Kier alpha value is -0.570. The molecule has 11 heteroatoms. The highest BCUT2D eigenvalue weighted by molar-refractivity contribution is 7.51. The van der Waals surface area contributed by atoms with Gasteiger partial charge >= 0.3 is 20.1 Å². The molecule has 1 aliphatic carbocycles. The van der Waals surface area contributed by atoms with E-state index in [2.05, 4.69) is 0 Å². The van der Waals surface area contributed by atoms with Gasteiger partial charge in [0.2, 0.25) is 5.54 Å². The van der Waals surface area contributed by atoms with Gasteiger partial charge in [0.25, 0.3) is 0 Å². The summed E-state index contributed by atoms with van der Waals surface area (Å²) in [6.07, 6.45) is -9.77. The van der Waals surface area contributed by atoms with Crippen molar-refractivity contribution in [1.29, 1.82) is 0 Å². The first-order valence-electron chi connectivity index (χ1n) is 6.96. The van der Waals surface area contributed by atoms with Gasteiger partial charge in [-0.2, -0.15) is 31.0 Å². The molecule has 23 heavy (non-hydrogen) atoms. The van der Waals surface area contributed by atoms with Crippen LogP contribution in [0.3, 0.4) is 0 Å². The van der Waals surface area contributed by atoms with Gasteiger partial charge in [0, 0.05) is 12.0 Å². The summed E-state index contributed by atoms with van der Waals surface area (Å²) < 4.78 is 104. The number of hydrogen-bond acceptors (Lipinski definition) is 3. The highest BCUT2D eigenvalue weighted by Crippen LogP contribution is 2.70. The average Bonchev–Trinajstić information content (AvgIpc) is 2.95. The minimum absolute atomic E-state index is 0.127. The first-order valence-corrected chi connectivity index (χ1v) is 8.46. The summed E-state index contributed by atoms with van der Waals surface area (Å²) in [7, 11) is -4.78. The van der Waals surface area contributed by atoms with Crippen LogP contribution >= 0.6 is 7.75 Å². The Labute approximate surface area is 129 Å². The fourth-order valence-electron chi connectivity index (χ4n) is 3.31. The molecule has 0 aromatic carbocycles. The zero-order valence-electron chi connectivity index (χ0n) is 12.3. The predicted octanol–water partition coefficient (Wildman–Crippen LogP) is 4.29. The molecule has 1 aliphatic heterocycles. The van der Waals surface area contributed by atoms with E-state index in [1.54, 1.807) is 0 Å². The van der Waals surface area contributed by atoms with Crippen molar-refractivity contribution < 1.29 is 40.0 Å². The number of nitrogens with zero attached hydrogens (tertiary/aromatic N) is 1. The molecule has 1 saturated heterocycles. The zero-order valence-corrected chi connectivity index (χ0v) is 13.2. The van der Waals surface area contributed by atoms with E-state index in [-0.39, 0.29) is 17.9 Å². The van der Waals surface area contributed by atoms with Crippen LogP contribution in [0.15, 0.2) is 12.2 Å². The molecule has 0 amide bonds. The van der Waals surface area contributed by atoms with E-state index < -0.39 is 44.0 Å². The third-order valence-corrected chi connectivity index (χ3v) is 6.29. The van der Waals surface area contributed by atoms with Crippen molar-refractivity contribution in [1.82, 2.24) is 4.67 Å². The van der Waals surface area contributed by atoms with E-state index in [9.17, 15) is 30.9 Å². The van der Waals surface area contributed by atoms with E-state index in [1.165, 1.54) is 19.9 Å². The van der Waals surface area contributed by atoms with Crippen LogP contribution in [0.1, 0.15) is 20.3 Å². The highest BCUT2D eigenvalue weighted by Gasteiger charge is 2.83. The molecule has 2 aliphatic rings. The molecule has 2 rings (SSSR count). The average molecular weight is 367 g/mol. The van der Waals surface area contributed by atoms with Gasteiger partial charge < -0.3 is 0 Å². The Morgan fingerprint density at radius 3 is 1.96 bits per heavy atom. The number of rotatable bonds is 5. The maximum Gasteiger partial charge on any atom is 0.416 e. The molecule has 2 atom stereocenters. The first kappa shape index (κ1) is 18.8. The van der Waals surface area contributed by atoms with Crippen LogP contribution in [0.4, 0.5) is 26.3 Å². The second-order valence-corrected chi connectivity index (χ2v) is 7.09. The van der Waals surface area contributed by atoms with Gasteiger partial charge in [0.1, 0.15) is 0 Å². The molecular weight excluding hydrogens is 351 g/mol. The minimum Gasteiger partial charge on any atom is -0.297 e. The molecule has 0 aromatic rings. The van der Waals surface area contributed by atoms with Crippen molar-refractivity contribution in [3.63, 3.8) is 0 Å². The third kappa shape index (κ3) is 2.54. The lowest BCUT2D eigenvalue weighted by Gasteiger charge is -2.47. The summed E-state index contributed by atoms with van der Waals surface area (Å²) in [6.45, 7) is 1.94. The Balaban J connectivity index is 2.68. The maximum absolute atomic E-state index is 13.6. The lowest BCUT2D eigenvalue weighted by atomic mass is 9.84. The molecule has 1 fully saturated rings. The lowest BCUT2D eigenvalue weighted by Crippen LogP contribution is -2.68. The molecule has 2 bridgehead atoms. The Bertz CT molecular complexity index is 508. The van der Waals surface area contributed by atoms with Crippen LogP contribution < -0.4 is 0 Å². The van der Waals surface area contributed by atoms with Crippen LogP contribution in [0.2, 0.25) is 0 Å². The lowest BCUT2D eigenvalue weighted by molar-refractivity contribution is -0.334. The monoisotopic (exact) mass is 367 g/mol. The van der Waals surface area contributed by atoms with Crippen LogP contribution in [-0.2, 0) is 13.6 Å². The summed E-state index contributed by atoms with van der Waals surface area (Å²) in [4.78, 5) is 0. The highest BCUT2D eigenvalue weighted by atomic mass is 31.2. The standard InChI is InChI=1S/C12H16F6NO3P/c1-3-21-23(20,22-4-2)19-9-6-5-8(7-9)10(19,11(13,14)15)12(16,17)18/h5-6,8-9H,3-4,7H2,1-2H3/t8-,9+/m0/s1. The van der Waals surface area contributed by atoms with Crippen molar-refractivity contribution in [2.45, 2.75) is 44.2 Å². The van der Waals surface area contributed by atoms with Crippen molar-refractivity contribution in [3.8, 4) is 0 Å². The Morgan fingerprint density at radius 2 is 1.57 bits per heavy atom. The molecule has 0 aromatic heterocycles. The van der Waals surface area contributed by atoms with Crippen LogP contribution in [0, 0.1) is 5.92 Å².